The molecule has 0 saturated heterocycles. The molecule has 0 aliphatic carbocycles. The van der Waals surface area contributed by atoms with Gasteiger partial charge in [0.15, 0.2) is 0 Å². The second-order valence-electron chi connectivity index (χ2n) is 6.81. The first-order valence-corrected chi connectivity index (χ1v) is 9.26. The molecule has 4 heteroatoms. The van der Waals surface area contributed by atoms with Crippen molar-refractivity contribution in [3.8, 4) is 11.5 Å². The average molecular weight is 357 g/mol. The number of hydrogen-bond acceptors (Lipinski definition) is 4. The zero-order chi connectivity index (χ0) is 18.9. The molecule has 142 valence electrons. The van der Waals surface area contributed by atoms with Crippen LogP contribution in [-0.2, 0) is 6.54 Å². The number of methoxy groups -OCH3 is 1. The van der Waals surface area contributed by atoms with Crippen LogP contribution in [0.15, 0.2) is 48.5 Å². The van der Waals surface area contributed by atoms with E-state index in [1.54, 1.807) is 7.11 Å². The van der Waals surface area contributed by atoms with Gasteiger partial charge in [0.1, 0.15) is 24.2 Å². The smallest absolute Gasteiger partial charge is 0.119 e. The fraction of sp³-hybridized carbons (Fsp3) is 0.455. The Morgan fingerprint density at radius 3 is 2.19 bits per heavy atom. The highest BCUT2D eigenvalue weighted by Crippen LogP contribution is 2.18. The van der Waals surface area contributed by atoms with E-state index in [1.807, 2.05) is 24.3 Å². The van der Waals surface area contributed by atoms with Gasteiger partial charge in [-0.15, -0.1) is 0 Å². The summed E-state index contributed by atoms with van der Waals surface area (Å²) in [6.45, 7) is 8.15. The highest BCUT2D eigenvalue weighted by Gasteiger charge is 2.17. The van der Waals surface area contributed by atoms with Gasteiger partial charge in [-0.1, -0.05) is 36.8 Å². The van der Waals surface area contributed by atoms with Crippen LogP contribution in [0.5, 0.6) is 11.5 Å². The number of ether oxygens (including phenoxy) is 2. The summed E-state index contributed by atoms with van der Waals surface area (Å²) in [4.78, 5) is 2.31. The van der Waals surface area contributed by atoms with Crippen LogP contribution in [-0.4, -0.2) is 42.4 Å². The number of rotatable bonds is 10. The Hall–Kier alpha value is -2.04. The van der Waals surface area contributed by atoms with Crippen molar-refractivity contribution < 1.29 is 14.6 Å². The molecule has 0 aromatic heterocycles. The largest absolute Gasteiger partial charge is 0.497 e. The van der Waals surface area contributed by atoms with Crippen LogP contribution in [0.4, 0.5) is 0 Å². The molecule has 2 atom stereocenters. The van der Waals surface area contributed by atoms with E-state index < -0.39 is 6.10 Å². The zero-order valence-corrected chi connectivity index (χ0v) is 16.3. The third-order valence-electron chi connectivity index (χ3n) is 4.67. The number of hydrogen-bond donors (Lipinski definition) is 1. The fourth-order valence-electron chi connectivity index (χ4n) is 2.77. The predicted octanol–water partition coefficient (Wildman–Crippen LogP) is 4.04. The van der Waals surface area contributed by atoms with Crippen molar-refractivity contribution in [1.82, 2.24) is 4.90 Å². The molecule has 2 aromatic rings. The number of aliphatic hydroxyl groups excluding tert-OH is 1. The van der Waals surface area contributed by atoms with Gasteiger partial charge in [0.2, 0.25) is 0 Å². The third-order valence-corrected chi connectivity index (χ3v) is 4.67. The maximum absolute atomic E-state index is 10.5. The van der Waals surface area contributed by atoms with Crippen molar-refractivity contribution in [2.45, 2.75) is 45.9 Å². The number of nitrogens with zero attached hydrogens (tertiary/aromatic N) is 1. The Bertz CT molecular complexity index is 639. The van der Waals surface area contributed by atoms with Crippen LogP contribution in [0, 0.1) is 6.92 Å². The van der Waals surface area contributed by atoms with E-state index in [2.05, 4.69) is 49.9 Å². The number of aliphatic hydroxyl groups is 1. The Labute approximate surface area is 157 Å². The van der Waals surface area contributed by atoms with Crippen LogP contribution in [0.1, 0.15) is 31.4 Å². The van der Waals surface area contributed by atoms with Crippen LogP contribution in [0.2, 0.25) is 0 Å². The van der Waals surface area contributed by atoms with Gasteiger partial charge in [-0.3, -0.25) is 4.90 Å². The maximum atomic E-state index is 10.5. The van der Waals surface area contributed by atoms with Gasteiger partial charge < -0.3 is 14.6 Å². The zero-order valence-electron chi connectivity index (χ0n) is 16.3. The van der Waals surface area contributed by atoms with Gasteiger partial charge in [0.05, 0.1) is 7.11 Å². The Balaban J connectivity index is 1.90. The molecule has 0 radical (unpaired) electrons. The standard InChI is InChI=1S/C22H31NO3/c1-5-18(3)23(14-19-8-6-17(2)7-9-19)15-20(24)16-26-22-12-10-21(25-4)11-13-22/h6-13,18,20,24H,5,14-16H2,1-4H3/t18-,20-/m1/s1. The van der Waals surface area contributed by atoms with Crippen molar-refractivity contribution in [2.24, 2.45) is 0 Å². The van der Waals surface area contributed by atoms with Crippen molar-refractivity contribution in [3.63, 3.8) is 0 Å². The molecule has 0 bridgehead atoms. The first-order valence-electron chi connectivity index (χ1n) is 9.26. The van der Waals surface area contributed by atoms with Crippen LogP contribution in [0.3, 0.4) is 0 Å². The first kappa shape index (κ1) is 20.3. The SMILES string of the molecule is CC[C@@H](C)N(Cc1ccc(C)cc1)C[C@@H](O)COc1ccc(OC)cc1. The molecular formula is C22H31NO3. The predicted molar refractivity (Wildman–Crippen MR) is 106 cm³/mol. The minimum Gasteiger partial charge on any atom is -0.497 e. The van der Waals surface area contributed by atoms with Gasteiger partial charge in [-0.05, 0) is 50.1 Å². The quantitative estimate of drug-likeness (QED) is 0.697. The number of aryl methyl sites for hydroxylation is 1. The lowest BCUT2D eigenvalue weighted by Gasteiger charge is -2.30. The van der Waals surface area contributed by atoms with E-state index in [0.717, 1.165) is 24.5 Å². The van der Waals surface area contributed by atoms with Crippen LogP contribution >= 0.6 is 0 Å². The van der Waals surface area contributed by atoms with Gasteiger partial charge >= 0.3 is 0 Å². The van der Waals surface area contributed by atoms with Gasteiger partial charge in [0, 0.05) is 19.1 Å². The molecule has 0 heterocycles. The van der Waals surface area contributed by atoms with Crippen LogP contribution in [0.25, 0.3) is 0 Å². The molecule has 2 aromatic carbocycles. The molecule has 4 nitrogen and oxygen atoms in total. The average Bonchev–Trinajstić information content (AvgIpc) is 2.67. The summed E-state index contributed by atoms with van der Waals surface area (Å²) in [5, 5.41) is 10.5. The molecular weight excluding hydrogens is 326 g/mol. The highest BCUT2D eigenvalue weighted by molar-refractivity contribution is 5.31. The molecule has 0 spiro atoms. The molecule has 0 aliphatic rings. The Morgan fingerprint density at radius 1 is 1.00 bits per heavy atom. The van der Waals surface area contributed by atoms with E-state index in [0.29, 0.717) is 12.6 Å². The summed E-state index contributed by atoms with van der Waals surface area (Å²) >= 11 is 0. The van der Waals surface area contributed by atoms with E-state index in [4.69, 9.17) is 9.47 Å². The summed E-state index contributed by atoms with van der Waals surface area (Å²) in [5.74, 6) is 1.53. The second kappa shape index (κ2) is 10.2. The summed E-state index contributed by atoms with van der Waals surface area (Å²) in [7, 11) is 1.64. The van der Waals surface area contributed by atoms with E-state index in [1.165, 1.54) is 11.1 Å². The van der Waals surface area contributed by atoms with E-state index >= 15 is 0 Å². The second-order valence-corrected chi connectivity index (χ2v) is 6.81. The lowest BCUT2D eigenvalue weighted by atomic mass is 10.1. The summed E-state index contributed by atoms with van der Waals surface area (Å²) in [6.07, 6.45) is 0.495. The van der Waals surface area contributed by atoms with E-state index in [-0.39, 0.29) is 6.61 Å². The summed E-state index contributed by atoms with van der Waals surface area (Å²) in [5.41, 5.74) is 2.52. The summed E-state index contributed by atoms with van der Waals surface area (Å²) in [6, 6.07) is 16.4. The maximum Gasteiger partial charge on any atom is 0.119 e. The molecule has 0 aliphatic heterocycles. The molecule has 0 saturated carbocycles. The topological polar surface area (TPSA) is 41.9 Å². The molecule has 2 rings (SSSR count). The monoisotopic (exact) mass is 357 g/mol. The lowest BCUT2D eigenvalue weighted by molar-refractivity contribution is 0.0506. The van der Waals surface area contributed by atoms with Crippen LogP contribution < -0.4 is 9.47 Å². The lowest BCUT2D eigenvalue weighted by Crippen LogP contribution is -2.40. The first-order chi connectivity index (χ1) is 12.5. The van der Waals surface area contributed by atoms with Gasteiger partial charge in [0.25, 0.3) is 0 Å². The van der Waals surface area contributed by atoms with Crippen molar-refractivity contribution in [2.75, 3.05) is 20.3 Å². The van der Waals surface area contributed by atoms with Crippen molar-refractivity contribution >= 4 is 0 Å². The molecule has 26 heavy (non-hydrogen) atoms. The summed E-state index contributed by atoms with van der Waals surface area (Å²) < 4.78 is 10.9. The molecule has 0 unspecified atom stereocenters. The van der Waals surface area contributed by atoms with E-state index in [9.17, 15) is 5.11 Å². The molecule has 1 N–H and O–H groups in total. The fourth-order valence-corrected chi connectivity index (χ4v) is 2.77. The van der Waals surface area contributed by atoms with Crippen molar-refractivity contribution in [1.29, 1.82) is 0 Å². The normalized spacial score (nSPS) is 13.5. The Morgan fingerprint density at radius 2 is 1.62 bits per heavy atom. The Kier molecular flexibility index (Phi) is 7.95. The van der Waals surface area contributed by atoms with Crippen molar-refractivity contribution in [3.05, 3.63) is 59.7 Å². The molecule has 0 fully saturated rings. The van der Waals surface area contributed by atoms with Gasteiger partial charge in [-0.25, -0.2) is 0 Å². The van der Waals surface area contributed by atoms with Gasteiger partial charge in [-0.2, -0.15) is 0 Å². The third kappa shape index (κ3) is 6.36. The minimum absolute atomic E-state index is 0.271. The highest BCUT2D eigenvalue weighted by atomic mass is 16.5. The molecule has 0 amide bonds. The number of benzene rings is 2. The minimum atomic E-state index is -0.545.